The Labute approximate surface area is 222 Å². The van der Waals surface area contributed by atoms with Crippen LogP contribution in [0.1, 0.15) is 58.7 Å². The van der Waals surface area contributed by atoms with Gasteiger partial charge < -0.3 is 29.1 Å². The summed E-state index contributed by atoms with van der Waals surface area (Å²) in [5, 5.41) is 0. The van der Waals surface area contributed by atoms with E-state index in [0.29, 0.717) is 50.1 Å². The molecule has 3 fully saturated rings. The number of amides is 2. The lowest BCUT2D eigenvalue weighted by Crippen LogP contribution is -2.61. The third-order valence-corrected chi connectivity index (χ3v) is 7.97. The zero-order valence-corrected chi connectivity index (χ0v) is 22.9. The van der Waals surface area contributed by atoms with Gasteiger partial charge in [-0.15, -0.1) is 0 Å². The molecule has 0 aromatic carbocycles. The van der Waals surface area contributed by atoms with Crippen molar-refractivity contribution in [1.82, 2.24) is 19.8 Å². The highest BCUT2D eigenvalue weighted by Crippen LogP contribution is 2.46. The maximum absolute atomic E-state index is 14.6. The Balaban J connectivity index is 1.16. The Morgan fingerprint density at radius 2 is 1.71 bits per heavy atom. The number of piperazine rings is 1. The van der Waals surface area contributed by atoms with Crippen LogP contribution in [0.25, 0.3) is 0 Å². The number of hydrogen-bond donors (Lipinski definition) is 0. The van der Waals surface area contributed by atoms with Crippen molar-refractivity contribution in [2.24, 2.45) is 0 Å². The second kappa shape index (κ2) is 9.77. The summed E-state index contributed by atoms with van der Waals surface area (Å²) >= 11 is 0. The fraction of sp³-hybridized carbons (Fsp3) is 0.769. The van der Waals surface area contributed by atoms with Crippen molar-refractivity contribution in [1.29, 1.82) is 0 Å². The topological polar surface area (TPSA) is 91.3 Å². The molecular formula is C26H38F2N6O4. The van der Waals surface area contributed by atoms with E-state index in [1.165, 1.54) is 0 Å². The smallest absolute Gasteiger partial charge is 0.410 e. The van der Waals surface area contributed by atoms with E-state index >= 15 is 0 Å². The fourth-order valence-electron chi connectivity index (χ4n) is 5.35. The largest absolute Gasteiger partial charge is 0.444 e. The first-order chi connectivity index (χ1) is 17.8. The summed E-state index contributed by atoms with van der Waals surface area (Å²) in [6.45, 7) is 12.3. The molecule has 3 aliphatic heterocycles. The lowest BCUT2D eigenvalue weighted by molar-refractivity contribution is -0.141. The van der Waals surface area contributed by atoms with Gasteiger partial charge in [0.2, 0.25) is 11.9 Å². The summed E-state index contributed by atoms with van der Waals surface area (Å²) in [6.07, 6.45) is 0.411. The van der Waals surface area contributed by atoms with Crippen molar-refractivity contribution >= 4 is 23.8 Å². The van der Waals surface area contributed by atoms with E-state index in [2.05, 4.69) is 4.98 Å². The number of halogens is 2. The highest BCUT2D eigenvalue weighted by Gasteiger charge is 2.47. The predicted octanol–water partition coefficient (Wildman–Crippen LogP) is 2.79. The maximum Gasteiger partial charge on any atom is 0.410 e. The molecule has 4 aliphatic rings. The van der Waals surface area contributed by atoms with Crippen LogP contribution in [-0.4, -0.2) is 101 Å². The lowest BCUT2D eigenvalue weighted by atomic mass is 9.99. The van der Waals surface area contributed by atoms with Crippen molar-refractivity contribution < 1.29 is 27.8 Å². The molecule has 12 heteroatoms. The Kier molecular flexibility index (Phi) is 6.90. The molecule has 0 spiro atoms. The van der Waals surface area contributed by atoms with E-state index in [1.54, 1.807) is 9.80 Å². The SMILES string of the molecule is C[C@H]1CCN1c1nc(N2CC(OCC(=O)N3CCN(C(=O)OC(C)(C)C)CC3)[C@@H]2C)c2c(n1)C(F)(F)CC2. The zero-order chi connectivity index (χ0) is 27.4. The summed E-state index contributed by atoms with van der Waals surface area (Å²) in [5.74, 6) is -2.13. The van der Waals surface area contributed by atoms with E-state index in [9.17, 15) is 18.4 Å². The molecule has 1 unspecified atom stereocenters. The Morgan fingerprint density at radius 1 is 1.03 bits per heavy atom. The first-order valence-corrected chi connectivity index (χ1v) is 13.5. The van der Waals surface area contributed by atoms with Gasteiger partial charge in [-0.1, -0.05) is 0 Å². The number of alkyl halides is 2. The fourth-order valence-corrected chi connectivity index (χ4v) is 5.35. The van der Waals surface area contributed by atoms with Crippen molar-refractivity contribution in [3.05, 3.63) is 11.3 Å². The van der Waals surface area contributed by atoms with Crippen LogP contribution < -0.4 is 9.80 Å². The minimum Gasteiger partial charge on any atom is -0.444 e. The van der Waals surface area contributed by atoms with Crippen LogP contribution in [-0.2, 0) is 26.6 Å². The number of rotatable bonds is 5. The molecule has 0 bridgehead atoms. The van der Waals surface area contributed by atoms with Crippen LogP contribution in [0, 0.1) is 0 Å². The van der Waals surface area contributed by atoms with Gasteiger partial charge in [-0.05, 0) is 47.5 Å². The van der Waals surface area contributed by atoms with Crippen LogP contribution in [0.4, 0.5) is 25.3 Å². The van der Waals surface area contributed by atoms with Crippen LogP contribution in [0.3, 0.4) is 0 Å². The van der Waals surface area contributed by atoms with Crippen LogP contribution in [0.2, 0.25) is 0 Å². The first kappa shape index (κ1) is 26.8. The molecule has 1 aliphatic carbocycles. The quantitative estimate of drug-likeness (QED) is 0.568. The molecule has 210 valence electrons. The minimum atomic E-state index is -2.94. The first-order valence-electron chi connectivity index (χ1n) is 13.5. The van der Waals surface area contributed by atoms with Gasteiger partial charge in [0.15, 0.2) is 0 Å². The number of aromatic nitrogens is 2. The maximum atomic E-state index is 14.6. The summed E-state index contributed by atoms with van der Waals surface area (Å²) in [6, 6.07) is 0.125. The highest BCUT2D eigenvalue weighted by molar-refractivity contribution is 5.78. The molecule has 4 heterocycles. The molecule has 1 aromatic heterocycles. The molecule has 10 nitrogen and oxygen atoms in total. The number of carbonyl (C=O) groups is 2. The minimum absolute atomic E-state index is 0.0637. The monoisotopic (exact) mass is 536 g/mol. The molecule has 3 saturated heterocycles. The Bertz CT molecular complexity index is 1090. The lowest BCUT2D eigenvalue weighted by Gasteiger charge is -2.48. The number of carbonyl (C=O) groups excluding carboxylic acids is 2. The highest BCUT2D eigenvalue weighted by atomic mass is 19.3. The molecule has 38 heavy (non-hydrogen) atoms. The summed E-state index contributed by atoms with van der Waals surface area (Å²) in [4.78, 5) is 41.3. The zero-order valence-electron chi connectivity index (χ0n) is 22.9. The van der Waals surface area contributed by atoms with Crippen LogP contribution in [0.5, 0.6) is 0 Å². The molecule has 5 rings (SSSR count). The molecule has 0 radical (unpaired) electrons. The second-order valence-electron chi connectivity index (χ2n) is 11.8. The van der Waals surface area contributed by atoms with Gasteiger partial charge in [-0.2, -0.15) is 13.8 Å². The summed E-state index contributed by atoms with van der Waals surface area (Å²) in [5.41, 5.74) is -0.183. The average molecular weight is 537 g/mol. The second-order valence-corrected chi connectivity index (χ2v) is 11.8. The summed E-state index contributed by atoms with van der Waals surface area (Å²) in [7, 11) is 0. The number of hydrogen-bond acceptors (Lipinski definition) is 8. The number of fused-ring (bicyclic) bond motifs is 1. The third-order valence-electron chi connectivity index (χ3n) is 7.97. The number of ether oxygens (including phenoxy) is 2. The molecule has 3 atom stereocenters. The van der Waals surface area contributed by atoms with Gasteiger partial charge in [-0.25, -0.2) is 9.78 Å². The van der Waals surface area contributed by atoms with E-state index in [-0.39, 0.29) is 55.3 Å². The molecular weight excluding hydrogens is 498 g/mol. The van der Waals surface area contributed by atoms with Gasteiger partial charge in [0.25, 0.3) is 5.92 Å². The number of anilines is 2. The molecule has 0 saturated carbocycles. The normalized spacial score (nSPS) is 26.6. The molecule has 2 amide bonds. The molecule has 0 N–H and O–H groups in total. The van der Waals surface area contributed by atoms with Crippen molar-refractivity contribution in [2.45, 2.75) is 83.6 Å². The van der Waals surface area contributed by atoms with Gasteiger partial charge >= 0.3 is 6.09 Å². The third kappa shape index (κ3) is 5.11. The van der Waals surface area contributed by atoms with E-state index < -0.39 is 11.5 Å². The number of nitrogens with zero attached hydrogens (tertiary/aromatic N) is 6. The van der Waals surface area contributed by atoms with E-state index in [4.69, 9.17) is 14.5 Å². The van der Waals surface area contributed by atoms with Crippen LogP contribution >= 0.6 is 0 Å². The van der Waals surface area contributed by atoms with Gasteiger partial charge in [0, 0.05) is 57.3 Å². The summed E-state index contributed by atoms with van der Waals surface area (Å²) < 4.78 is 40.6. The van der Waals surface area contributed by atoms with E-state index in [0.717, 1.165) is 13.0 Å². The van der Waals surface area contributed by atoms with Crippen molar-refractivity contribution in [2.75, 3.05) is 55.7 Å². The van der Waals surface area contributed by atoms with E-state index in [1.807, 2.05) is 44.4 Å². The average Bonchev–Trinajstić information content (AvgIpc) is 3.15. The van der Waals surface area contributed by atoms with Gasteiger partial charge in [0.05, 0.1) is 12.1 Å². The van der Waals surface area contributed by atoms with Crippen molar-refractivity contribution in [3.63, 3.8) is 0 Å². The Hall–Kier alpha value is -2.76. The Morgan fingerprint density at radius 3 is 2.29 bits per heavy atom. The van der Waals surface area contributed by atoms with Crippen molar-refractivity contribution in [3.8, 4) is 0 Å². The molecule has 1 aromatic rings. The predicted molar refractivity (Wildman–Crippen MR) is 137 cm³/mol. The van der Waals surface area contributed by atoms with Gasteiger partial charge in [0.1, 0.15) is 23.7 Å². The van der Waals surface area contributed by atoms with Gasteiger partial charge in [-0.3, -0.25) is 4.79 Å². The van der Waals surface area contributed by atoms with Crippen LogP contribution in [0.15, 0.2) is 0 Å². The standard InChI is InChI=1S/C26H38F2N6O4/c1-16-7-9-33(16)23-29-21-18(6-8-26(21,27)28)22(30-23)34-14-19(17(34)2)37-15-20(35)31-10-12-32(13-11-31)24(36)38-25(3,4)5/h16-17,19H,6-15H2,1-5H3/t16-,17-,19?/m0/s1.